The maximum absolute atomic E-state index is 12.3. The molecule has 24 heavy (non-hydrogen) atoms. The molecule has 0 aromatic heterocycles. The first kappa shape index (κ1) is 17.2. The third kappa shape index (κ3) is 4.48. The van der Waals surface area contributed by atoms with Gasteiger partial charge >= 0.3 is 0 Å². The largest absolute Gasteiger partial charge is 0.391 e. The van der Waals surface area contributed by atoms with Crippen molar-refractivity contribution < 1.29 is 9.90 Å². The molecule has 2 aliphatic rings. The van der Waals surface area contributed by atoms with Crippen molar-refractivity contribution in [3.8, 4) is 0 Å². The molecule has 1 aromatic rings. The van der Waals surface area contributed by atoms with E-state index in [9.17, 15) is 9.90 Å². The lowest BCUT2D eigenvalue weighted by atomic mass is 10.1. The van der Waals surface area contributed by atoms with Crippen molar-refractivity contribution in [2.75, 3.05) is 50.7 Å². The molecule has 1 unspecified atom stereocenters. The summed E-state index contributed by atoms with van der Waals surface area (Å²) in [4.78, 5) is 18.9. The van der Waals surface area contributed by atoms with E-state index in [2.05, 4.69) is 41.0 Å². The summed E-state index contributed by atoms with van der Waals surface area (Å²) in [6, 6.07) is 8.65. The van der Waals surface area contributed by atoms with Crippen LogP contribution in [-0.4, -0.2) is 72.7 Å². The lowest BCUT2D eigenvalue weighted by Crippen LogP contribution is -2.48. The van der Waals surface area contributed by atoms with Crippen LogP contribution < -0.4 is 4.90 Å². The van der Waals surface area contributed by atoms with Gasteiger partial charge in [0.05, 0.1) is 6.10 Å². The van der Waals surface area contributed by atoms with E-state index in [4.69, 9.17) is 0 Å². The van der Waals surface area contributed by atoms with E-state index in [0.29, 0.717) is 13.0 Å². The first-order chi connectivity index (χ1) is 11.6. The second kappa shape index (κ2) is 7.99. The van der Waals surface area contributed by atoms with Gasteiger partial charge in [-0.3, -0.25) is 9.69 Å². The van der Waals surface area contributed by atoms with E-state index in [0.717, 1.165) is 52.1 Å². The Morgan fingerprint density at radius 3 is 2.71 bits per heavy atom. The van der Waals surface area contributed by atoms with Gasteiger partial charge in [0.25, 0.3) is 0 Å². The van der Waals surface area contributed by atoms with Crippen molar-refractivity contribution in [2.24, 2.45) is 0 Å². The van der Waals surface area contributed by atoms with Crippen LogP contribution >= 0.6 is 0 Å². The van der Waals surface area contributed by atoms with Crippen LogP contribution in [0.15, 0.2) is 24.3 Å². The van der Waals surface area contributed by atoms with E-state index in [1.165, 1.54) is 11.3 Å². The number of aryl methyl sites for hydroxylation is 1. The molecule has 0 aliphatic carbocycles. The number of carbonyl (C=O) groups is 1. The van der Waals surface area contributed by atoms with E-state index < -0.39 is 0 Å². The van der Waals surface area contributed by atoms with Gasteiger partial charge in [-0.1, -0.05) is 12.1 Å². The lowest BCUT2D eigenvalue weighted by Gasteiger charge is -2.36. The molecule has 5 heteroatoms. The van der Waals surface area contributed by atoms with Crippen molar-refractivity contribution in [1.82, 2.24) is 9.80 Å². The van der Waals surface area contributed by atoms with Gasteiger partial charge in [-0.25, -0.2) is 0 Å². The molecule has 1 amide bonds. The zero-order valence-corrected chi connectivity index (χ0v) is 14.7. The number of nitrogens with zero attached hydrogens (tertiary/aromatic N) is 3. The van der Waals surface area contributed by atoms with Gasteiger partial charge in [0.15, 0.2) is 0 Å². The number of piperidine rings is 1. The standard InChI is InChI=1S/C19H29N3O2/c1-16-4-2-5-17(14-16)21-12-10-20(11-13-21)9-7-19(24)22-8-3-6-18(23)15-22/h2,4-5,14,18,23H,3,6-13,15H2,1H3. The highest BCUT2D eigenvalue weighted by molar-refractivity contribution is 5.76. The van der Waals surface area contributed by atoms with E-state index in [-0.39, 0.29) is 12.0 Å². The predicted octanol–water partition coefficient (Wildman–Crippen LogP) is 1.49. The Kier molecular flexibility index (Phi) is 5.74. The molecule has 2 heterocycles. The maximum Gasteiger partial charge on any atom is 0.223 e. The van der Waals surface area contributed by atoms with Crippen LogP contribution in [-0.2, 0) is 4.79 Å². The predicted molar refractivity (Wildman–Crippen MR) is 96.3 cm³/mol. The molecule has 132 valence electrons. The fourth-order valence-electron chi connectivity index (χ4n) is 3.65. The van der Waals surface area contributed by atoms with Gasteiger partial charge in [0, 0.05) is 57.9 Å². The van der Waals surface area contributed by atoms with Crippen molar-refractivity contribution >= 4 is 11.6 Å². The molecule has 1 N–H and O–H groups in total. The van der Waals surface area contributed by atoms with Crippen molar-refractivity contribution in [3.05, 3.63) is 29.8 Å². The van der Waals surface area contributed by atoms with E-state index in [1.54, 1.807) is 0 Å². The fraction of sp³-hybridized carbons (Fsp3) is 0.632. The molecular weight excluding hydrogens is 302 g/mol. The summed E-state index contributed by atoms with van der Waals surface area (Å²) in [5, 5.41) is 9.69. The summed E-state index contributed by atoms with van der Waals surface area (Å²) in [5.74, 6) is 0.190. The number of carbonyl (C=O) groups excluding carboxylic acids is 1. The summed E-state index contributed by atoms with van der Waals surface area (Å²) < 4.78 is 0. The first-order valence-electron chi connectivity index (χ1n) is 9.11. The van der Waals surface area contributed by atoms with Gasteiger partial charge in [0.2, 0.25) is 5.91 Å². The van der Waals surface area contributed by atoms with Crippen molar-refractivity contribution in [1.29, 1.82) is 0 Å². The van der Waals surface area contributed by atoms with Gasteiger partial charge in [-0.05, 0) is 37.5 Å². The van der Waals surface area contributed by atoms with Gasteiger partial charge in [-0.15, -0.1) is 0 Å². The fourth-order valence-corrected chi connectivity index (χ4v) is 3.65. The number of amides is 1. The summed E-state index contributed by atoms with van der Waals surface area (Å²) in [6.45, 7) is 8.31. The Morgan fingerprint density at radius 2 is 2.00 bits per heavy atom. The van der Waals surface area contributed by atoms with Gasteiger partial charge < -0.3 is 14.9 Å². The average Bonchev–Trinajstić information content (AvgIpc) is 2.60. The van der Waals surface area contributed by atoms with Crippen LogP contribution in [0.25, 0.3) is 0 Å². The number of anilines is 1. The Morgan fingerprint density at radius 1 is 1.21 bits per heavy atom. The molecular formula is C19H29N3O2. The third-order valence-electron chi connectivity index (χ3n) is 5.13. The second-order valence-electron chi connectivity index (χ2n) is 7.05. The number of hydrogen-bond acceptors (Lipinski definition) is 4. The highest BCUT2D eigenvalue weighted by Crippen LogP contribution is 2.18. The number of β-amino-alcohol motifs (C(OH)–C–C–N with tert-alkyl or cyclic N) is 1. The Hall–Kier alpha value is -1.59. The third-order valence-corrected chi connectivity index (χ3v) is 5.13. The summed E-state index contributed by atoms with van der Waals surface area (Å²) in [5.41, 5.74) is 2.59. The zero-order valence-electron chi connectivity index (χ0n) is 14.7. The quantitative estimate of drug-likeness (QED) is 0.908. The summed E-state index contributed by atoms with van der Waals surface area (Å²) in [7, 11) is 0. The van der Waals surface area contributed by atoms with Crippen LogP contribution in [0, 0.1) is 6.92 Å². The molecule has 0 spiro atoms. The van der Waals surface area contributed by atoms with E-state index >= 15 is 0 Å². The van der Waals surface area contributed by atoms with Crippen LogP contribution in [0.4, 0.5) is 5.69 Å². The number of piperazine rings is 1. The van der Waals surface area contributed by atoms with Gasteiger partial charge in [-0.2, -0.15) is 0 Å². The summed E-state index contributed by atoms with van der Waals surface area (Å²) in [6.07, 6.45) is 1.98. The Balaban J connectivity index is 1.41. The highest BCUT2D eigenvalue weighted by Gasteiger charge is 2.23. The molecule has 2 fully saturated rings. The number of likely N-dealkylation sites (tertiary alicyclic amines) is 1. The highest BCUT2D eigenvalue weighted by atomic mass is 16.3. The Labute approximate surface area is 144 Å². The van der Waals surface area contributed by atoms with Crippen LogP contribution in [0.2, 0.25) is 0 Å². The average molecular weight is 331 g/mol. The summed E-state index contributed by atoms with van der Waals surface area (Å²) >= 11 is 0. The second-order valence-corrected chi connectivity index (χ2v) is 7.05. The van der Waals surface area contributed by atoms with E-state index in [1.807, 2.05) is 4.90 Å². The molecule has 3 rings (SSSR count). The van der Waals surface area contributed by atoms with Crippen LogP contribution in [0.5, 0.6) is 0 Å². The maximum atomic E-state index is 12.3. The smallest absolute Gasteiger partial charge is 0.223 e. The van der Waals surface area contributed by atoms with Crippen molar-refractivity contribution in [3.63, 3.8) is 0 Å². The molecule has 0 radical (unpaired) electrons. The number of aliphatic hydroxyl groups excluding tert-OH is 1. The monoisotopic (exact) mass is 331 g/mol. The lowest BCUT2D eigenvalue weighted by molar-refractivity contribution is -0.134. The zero-order chi connectivity index (χ0) is 16.9. The van der Waals surface area contributed by atoms with Crippen molar-refractivity contribution in [2.45, 2.75) is 32.3 Å². The minimum absolute atomic E-state index is 0.190. The molecule has 1 aromatic carbocycles. The number of hydrogen-bond donors (Lipinski definition) is 1. The minimum Gasteiger partial charge on any atom is -0.391 e. The molecule has 0 saturated carbocycles. The number of benzene rings is 1. The van der Waals surface area contributed by atoms with Crippen LogP contribution in [0.3, 0.4) is 0 Å². The molecule has 1 atom stereocenters. The molecule has 0 bridgehead atoms. The topological polar surface area (TPSA) is 47.0 Å². The minimum atomic E-state index is -0.333. The number of aliphatic hydroxyl groups is 1. The van der Waals surface area contributed by atoms with Crippen LogP contribution in [0.1, 0.15) is 24.8 Å². The molecule has 5 nitrogen and oxygen atoms in total. The molecule has 2 saturated heterocycles. The normalized spacial score (nSPS) is 22.7. The Bertz CT molecular complexity index is 555. The SMILES string of the molecule is Cc1cccc(N2CCN(CCC(=O)N3CCCC(O)C3)CC2)c1. The molecule has 2 aliphatic heterocycles. The first-order valence-corrected chi connectivity index (χ1v) is 9.11. The number of rotatable bonds is 4. The van der Waals surface area contributed by atoms with Gasteiger partial charge in [0.1, 0.15) is 0 Å².